The highest BCUT2D eigenvalue weighted by Gasteiger charge is 2.33. The fourth-order valence-electron chi connectivity index (χ4n) is 4.23. The van der Waals surface area contributed by atoms with Crippen molar-refractivity contribution < 1.29 is 22.7 Å². The smallest absolute Gasteiger partial charge is 0.411 e. The molecule has 3 rings (SSSR count). The van der Waals surface area contributed by atoms with Crippen LogP contribution in [0.25, 0.3) is 0 Å². The number of aryl methyl sites for hydroxylation is 3. The van der Waals surface area contributed by atoms with E-state index < -0.39 is 16.1 Å². The lowest BCUT2D eigenvalue weighted by Gasteiger charge is -2.31. The highest BCUT2D eigenvalue weighted by atomic mass is 32.2. The molecule has 33 heavy (non-hydrogen) atoms. The molecule has 0 bridgehead atoms. The molecule has 178 valence electrons. The van der Waals surface area contributed by atoms with Crippen LogP contribution in [0.1, 0.15) is 36.5 Å². The van der Waals surface area contributed by atoms with Gasteiger partial charge in [0.25, 0.3) is 0 Å². The minimum Gasteiger partial charge on any atom is -0.450 e. The summed E-state index contributed by atoms with van der Waals surface area (Å²) in [5.74, 6) is -0.408. The van der Waals surface area contributed by atoms with Gasteiger partial charge in [0.15, 0.2) is 0 Å². The summed E-state index contributed by atoms with van der Waals surface area (Å²) in [7, 11) is -3.61. The Kier molecular flexibility index (Phi) is 7.76. The molecule has 1 aliphatic heterocycles. The van der Waals surface area contributed by atoms with Crippen LogP contribution in [0.2, 0.25) is 0 Å². The predicted octanol–water partition coefficient (Wildman–Crippen LogP) is 4.22. The Hall–Kier alpha value is -2.91. The number of carbonyl (C=O) groups is 2. The number of carbonyl (C=O) groups excluding carboxylic acids is 2. The van der Waals surface area contributed by atoms with Gasteiger partial charge in [0.05, 0.1) is 11.5 Å². The highest BCUT2D eigenvalue weighted by molar-refractivity contribution is 7.89. The monoisotopic (exact) mass is 473 g/mol. The van der Waals surface area contributed by atoms with Gasteiger partial charge in [-0.15, -0.1) is 0 Å². The quantitative estimate of drug-likeness (QED) is 0.654. The van der Waals surface area contributed by atoms with Crippen LogP contribution in [0.4, 0.5) is 16.2 Å². The fraction of sp³-hybridized carbons (Fsp3) is 0.417. The predicted molar refractivity (Wildman–Crippen MR) is 128 cm³/mol. The summed E-state index contributed by atoms with van der Waals surface area (Å²) in [6.45, 7) is 8.20. The maximum Gasteiger partial charge on any atom is 0.411 e. The van der Waals surface area contributed by atoms with Crippen LogP contribution in [0, 0.1) is 26.7 Å². The number of hydrogen-bond acceptors (Lipinski definition) is 5. The van der Waals surface area contributed by atoms with E-state index in [1.807, 2.05) is 32.9 Å². The lowest BCUT2D eigenvalue weighted by Crippen LogP contribution is -2.41. The molecular formula is C24H31N3O5S. The molecule has 2 aromatic carbocycles. The van der Waals surface area contributed by atoms with Crippen LogP contribution in [-0.2, 0) is 19.6 Å². The van der Waals surface area contributed by atoms with E-state index in [1.54, 1.807) is 31.2 Å². The topological polar surface area (TPSA) is 105 Å². The van der Waals surface area contributed by atoms with E-state index in [9.17, 15) is 18.0 Å². The van der Waals surface area contributed by atoms with Crippen molar-refractivity contribution in [3.05, 3.63) is 53.1 Å². The molecule has 1 fully saturated rings. The average Bonchev–Trinajstić information content (AvgIpc) is 2.74. The third-order valence-corrected chi connectivity index (χ3v) is 7.91. The zero-order valence-electron chi connectivity index (χ0n) is 19.5. The SMILES string of the molecule is CCOC(=O)Nc1ccc(NC(=O)C2CCN(S(=O)(=O)c3c(C)cc(C)cc3C)CC2)cc1. The van der Waals surface area contributed by atoms with Gasteiger partial charge in [0, 0.05) is 30.4 Å². The lowest BCUT2D eigenvalue weighted by atomic mass is 9.97. The Bertz CT molecular complexity index is 1100. The summed E-state index contributed by atoms with van der Waals surface area (Å²) in [4.78, 5) is 24.6. The second-order valence-electron chi connectivity index (χ2n) is 8.32. The van der Waals surface area contributed by atoms with Crippen LogP contribution < -0.4 is 10.6 Å². The molecule has 8 nitrogen and oxygen atoms in total. The van der Waals surface area contributed by atoms with E-state index in [4.69, 9.17) is 4.74 Å². The zero-order chi connectivity index (χ0) is 24.2. The van der Waals surface area contributed by atoms with E-state index in [0.29, 0.717) is 42.2 Å². The number of hydrogen-bond donors (Lipinski definition) is 2. The van der Waals surface area contributed by atoms with E-state index in [1.165, 1.54) is 4.31 Å². The fourth-order valence-corrected chi connectivity index (χ4v) is 6.11. The van der Waals surface area contributed by atoms with Crippen LogP contribution >= 0.6 is 0 Å². The van der Waals surface area contributed by atoms with Gasteiger partial charge in [-0.2, -0.15) is 4.31 Å². The molecule has 0 atom stereocenters. The summed E-state index contributed by atoms with van der Waals surface area (Å²) in [6, 6.07) is 10.5. The molecule has 0 saturated carbocycles. The van der Waals surface area contributed by atoms with Crippen molar-refractivity contribution in [3.8, 4) is 0 Å². The maximum atomic E-state index is 13.2. The van der Waals surface area contributed by atoms with E-state index >= 15 is 0 Å². The Balaban J connectivity index is 1.58. The molecular weight excluding hydrogens is 442 g/mol. The summed E-state index contributed by atoms with van der Waals surface area (Å²) in [6.07, 6.45) is 0.377. The second kappa shape index (κ2) is 10.4. The molecule has 2 amide bonds. The van der Waals surface area contributed by atoms with Gasteiger partial charge in [0.2, 0.25) is 15.9 Å². The molecule has 0 radical (unpaired) electrons. The molecule has 2 aromatic rings. The second-order valence-corrected chi connectivity index (χ2v) is 10.2. The molecule has 1 heterocycles. The van der Waals surface area contributed by atoms with Gasteiger partial charge in [-0.05, 0) is 75.9 Å². The van der Waals surface area contributed by atoms with Crippen LogP contribution in [0.15, 0.2) is 41.3 Å². The Morgan fingerprint density at radius 1 is 0.970 bits per heavy atom. The standard InChI is InChI=1S/C24H31N3O5S/c1-5-32-24(29)26-21-8-6-20(7-9-21)25-23(28)19-10-12-27(13-11-19)33(30,31)22-17(3)14-16(2)15-18(22)4/h6-9,14-15,19H,5,10-13H2,1-4H3,(H,25,28)(H,26,29). The molecule has 0 aromatic heterocycles. The number of benzene rings is 2. The van der Waals surface area contributed by atoms with Crippen molar-refractivity contribution >= 4 is 33.4 Å². The lowest BCUT2D eigenvalue weighted by molar-refractivity contribution is -0.120. The minimum atomic E-state index is -3.61. The van der Waals surface area contributed by atoms with Gasteiger partial charge in [-0.1, -0.05) is 17.7 Å². The largest absolute Gasteiger partial charge is 0.450 e. The highest BCUT2D eigenvalue weighted by Crippen LogP contribution is 2.29. The number of sulfonamides is 1. The first-order valence-electron chi connectivity index (χ1n) is 11.0. The van der Waals surface area contributed by atoms with Crippen molar-refractivity contribution in [2.45, 2.75) is 45.4 Å². The number of piperidine rings is 1. The number of amides is 2. The average molecular weight is 474 g/mol. The number of nitrogens with one attached hydrogen (secondary N) is 2. The van der Waals surface area contributed by atoms with Gasteiger partial charge in [-0.3, -0.25) is 10.1 Å². The molecule has 9 heteroatoms. The van der Waals surface area contributed by atoms with E-state index in [2.05, 4.69) is 10.6 Å². The molecule has 0 unspecified atom stereocenters. The molecule has 1 saturated heterocycles. The maximum absolute atomic E-state index is 13.2. The van der Waals surface area contributed by atoms with E-state index in [-0.39, 0.29) is 18.4 Å². The van der Waals surface area contributed by atoms with Gasteiger partial charge in [0.1, 0.15) is 0 Å². The normalized spacial score (nSPS) is 15.2. The minimum absolute atomic E-state index is 0.138. The first-order valence-corrected chi connectivity index (χ1v) is 12.5. The molecule has 0 spiro atoms. The first kappa shape index (κ1) is 24.7. The third-order valence-electron chi connectivity index (χ3n) is 5.70. The Morgan fingerprint density at radius 2 is 1.48 bits per heavy atom. The van der Waals surface area contributed by atoms with Crippen molar-refractivity contribution in [2.24, 2.45) is 5.92 Å². The van der Waals surface area contributed by atoms with Crippen molar-refractivity contribution in [1.29, 1.82) is 0 Å². The van der Waals surface area contributed by atoms with Crippen LogP contribution in [-0.4, -0.2) is 44.4 Å². The number of ether oxygens (including phenoxy) is 1. The van der Waals surface area contributed by atoms with Crippen molar-refractivity contribution in [3.63, 3.8) is 0 Å². The Morgan fingerprint density at radius 3 is 2.00 bits per heavy atom. The molecule has 1 aliphatic rings. The van der Waals surface area contributed by atoms with Gasteiger partial charge in [-0.25, -0.2) is 13.2 Å². The van der Waals surface area contributed by atoms with Crippen molar-refractivity contribution in [2.75, 3.05) is 30.3 Å². The summed E-state index contributed by atoms with van der Waals surface area (Å²) >= 11 is 0. The number of nitrogens with zero attached hydrogens (tertiary/aromatic N) is 1. The number of rotatable bonds is 6. The van der Waals surface area contributed by atoms with Crippen LogP contribution in [0.5, 0.6) is 0 Å². The van der Waals surface area contributed by atoms with Crippen molar-refractivity contribution in [1.82, 2.24) is 4.31 Å². The Labute approximate surface area is 195 Å². The zero-order valence-corrected chi connectivity index (χ0v) is 20.3. The molecule has 2 N–H and O–H groups in total. The van der Waals surface area contributed by atoms with Gasteiger partial charge >= 0.3 is 6.09 Å². The first-order chi connectivity index (χ1) is 15.6. The number of anilines is 2. The van der Waals surface area contributed by atoms with Crippen LogP contribution in [0.3, 0.4) is 0 Å². The summed E-state index contributed by atoms with van der Waals surface area (Å²) < 4.78 is 32.8. The molecule has 0 aliphatic carbocycles. The third kappa shape index (κ3) is 5.91. The summed E-state index contributed by atoms with van der Waals surface area (Å²) in [5.41, 5.74) is 3.69. The van der Waals surface area contributed by atoms with Gasteiger partial charge < -0.3 is 10.1 Å². The summed E-state index contributed by atoms with van der Waals surface area (Å²) in [5, 5.41) is 5.47. The van der Waals surface area contributed by atoms with E-state index in [0.717, 1.165) is 16.7 Å².